The molecule has 162 valence electrons. The largest absolute Gasteiger partial charge is 0.454 e. The lowest BCUT2D eigenvalue weighted by molar-refractivity contribution is -0.126. The summed E-state index contributed by atoms with van der Waals surface area (Å²) in [5.41, 5.74) is 2.64. The Morgan fingerprint density at radius 3 is 2.68 bits per heavy atom. The SMILES string of the molecule is CC(C(=O)N1CC(=O)Nc2ccccc21)N1CCN(Cc2ccc3c(c2)OCO3)CC1. The third kappa shape index (κ3) is 3.96. The third-order valence-electron chi connectivity index (χ3n) is 6.19. The van der Waals surface area contributed by atoms with E-state index in [1.165, 1.54) is 5.56 Å². The standard InChI is InChI=1S/C23H26N4O4/c1-16(23(29)27-14-22(28)24-18-4-2-3-5-19(18)27)26-10-8-25(9-11-26)13-17-6-7-20-21(12-17)31-15-30-20/h2-7,12,16H,8-11,13-15H2,1H3,(H,24,28). The number of ether oxygens (including phenoxy) is 2. The van der Waals surface area contributed by atoms with Crippen molar-refractivity contribution in [1.29, 1.82) is 0 Å². The summed E-state index contributed by atoms with van der Waals surface area (Å²) in [6.45, 7) is 6.48. The summed E-state index contributed by atoms with van der Waals surface area (Å²) in [5.74, 6) is 1.41. The van der Waals surface area contributed by atoms with Crippen LogP contribution in [-0.2, 0) is 16.1 Å². The van der Waals surface area contributed by atoms with E-state index in [1.54, 1.807) is 4.90 Å². The van der Waals surface area contributed by atoms with Gasteiger partial charge < -0.3 is 14.8 Å². The Hall–Kier alpha value is -3.10. The van der Waals surface area contributed by atoms with Crippen molar-refractivity contribution in [3.63, 3.8) is 0 Å². The van der Waals surface area contributed by atoms with Crippen LogP contribution in [0.15, 0.2) is 42.5 Å². The van der Waals surface area contributed by atoms with Gasteiger partial charge in [0.2, 0.25) is 18.6 Å². The summed E-state index contributed by atoms with van der Waals surface area (Å²) in [6.07, 6.45) is 0. The van der Waals surface area contributed by atoms with Gasteiger partial charge in [0.05, 0.1) is 17.4 Å². The first-order valence-electron chi connectivity index (χ1n) is 10.6. The number of rotatable bonds is 4. The van der Waals surface area contributed by atoms with Gasteiger partial charge in [0.25, 0.3) is 0 Å². The van der Waals surface area contributed by atoms with Crippen LogP contribution in [0.4, 0.5) is 11.4 Å². The van der Waals surface area contributed by atoms with Crippen molar-refractivity contribution in [2.24, 2.45) is 0 Å². The van der Waals surface area contributed by atoms with Gasteiger partial charge >= 0.3 is 0 Å². The molecule has 1 atom stereocenters. The van der Waals surface area contributed by atoms with E-state index >= 15 is 0 Å². The summed E-state index contributed by atoms with van der Waals surface area (Å²) in [6, 6.07) is 13.2. The lowest BCUT2D eigenvalue weighted by Crippen LogP contribution is -2.56. The highest BCUT2D eigenvalue weighted by Gasteiger charge is 2.33. The molecule has 1 unspecified atom stereocenters. The van der Waals surface area contributed by atoms with Crippen molar-refractivity contribution in [1.82, 2.24) is 9.80 Å². The zero-order valence-corrected chi connectivity index (χ0v) is 17.5. The number of benzene rings is 2. The van der Waals surface area contributed by atoms with E-state index < -0.39 is 0 Å². The molecule has 0 bridgehead atoms. The van der Waals surface area contributed by atoms with Crippen molar-refractivity contribution in [2.75, 3.05) is 49.7 Å². The average molecular weight is 422 g/mol. The van der Waals surface area contributed by atoms with E-state index in [0.29, 0.717) is 5.69 Å². The summed E-state index contributed by atoms with van der Waals surface area (Å²) in [5, 5.41) is 2.84. The minimum absolute atomic E-state index is 0.0356. The van der Waals surface area contributed by atoms with Crippen LogP contribution in [0, 0.1) is 0 Å². The van der Waals surface area contributed by atoms with Gasteiger partial charge in [-0.05, 0) is 36.8 Å². The number of amides is 2. The van der Waals surface area contributed by atoms with E-state index in [1.807, 2.05) is 43.3 Å². The van der Waals surface area contributed by atoms with E-state index in [2.05, 4.69) is 21.2 Å². The first-order chi connectivity index (χ1) is 15.1. The van der Waals surface area contributed by atoms with Crippen LogP contribution in [0.2, 0.25) is 0 Å². The summed E-state index contributed by atoms with van der Waals surface area (Å²) in [7, 11) is 0. The molecule has 3 heterocycles. The molecule has 0 spiro atoms. The Bertz CT molecular complexity index is 1000. The van der Waals surface area contributed by atoms with Gasteiger partial charge in [0.1, 0.15) is 6.54 Å². The van der Waals surface area contributed by atoms with Crippen LogP contribution in [0.1, 0.15) is 12.5 Å². The lowest BCUT2D eigenvalue weighted by atomic mass is 10.1. The maximum Gasteiger partial charge on any atom is 0.244 e. The molecule has 2 aromatic rings. The quantitative estimate of drug-likeness (QED) is 0.812. The van der Waals surface area contributed by atoms with Crippen LogP contribution in [0.25, 0.3) is 0 Å². The number of carbonyl (C=O) groups is 2. The molecule has 1 saturated heterocycles. The van der Waals surface area contributed by atoms with Crippen molar-refractivity contribution in [3.05, 3.63) is 48.0 Å². The number of anilines is 2. The molecule has 2 amide bonds. The van der Waals surface area contributed by atoms with E-state index in [-0.39, 0.29) is 31.2 Å². The van der Waals surface area contributed by atoms with Gasteiger partial charge in [-0.3, -0.25) is 24.3 Å². The normalized spacial score (nSPS) is 19.6. The van der Waals surface area contributed by atoms with E-state index in [4.69, 9.17) is 9.47 Å². The second-order valence-electron chi connectivity index (χ2n) is 8.17. The van der Waals surface area contributed by atoms with Gasteiger partial charge in [0, 0.05) is 32.7 Å². The topological polar surface area (TPSA) is 74.4 Å². The van der Waals surface area contributed by atoms with Crippen LogP contribution >= 0.6 is 0 Å². The molecule has 5 rings (SSSR count). The Balaban J connectivity index is 1.20. The molecular formula is C23H26N4O4. The lowest BCUT2D eigenvalue weighted by Gasteiger charge is -2.39. The van der Waals surface area contributed by atoms with Crippen LogP contribution < -0.4 is 19.7 Å². The molecular weight excluding hydrogens is 396 g/mol. The smallest absolute Gasteiger partial charge is 0.244 e. The fourth-order valence-electron chi connectivity index (χ4n) is 4.42. The van der Waals surface area contributed by atoms with Gasteiger partial charge in [0.15, 0.2) is 11.5 Å². The zero-order valence-electron chi connectivity index (χ0n) is 17.5. The predicted octanol–water partition coefficient (Wildman–Crippen LogP) is 1.91. The Morgan fingerprint density at radius 2 is 1.84 bits per heavy atom. The summed E-state index contributed by atoms with van der Waals surface area (Å²) in [4.78, 5) is 31.5. The van der Waals surface area contributed by atoms with Crippen molar-refractivity contribution in [2.45, 2.75) is 19.5 Å². The molecule has 2 aromatic carbocycles. The molecule has 31 heavy (non-hydrogen) atoms. The number of para-hydroxylation sites is 2. The molecule has 3 aliphatic rings. The van der Waals surface area contributed by atoms with Gasteiger partial charge in [-0.2, -0.15) is 0 Å². The number of hydrogen-bond acceptors (Lipinski definition) is 6. The average Bonchev–Trinajstić information content (AvgIpc) is 3.26. The molecule has 1 N–H and O–H groups in total. The van der Waals surface area contributed by atoms with Crippen LogP contribution in [-0.4, -0.2) is 67.2 Å². The van der Waals surface area contributed by atoms with Crippen molar-refractivity contribution >= 4 is 23.2 Å². The maximum atomic E-state index is 13.3. The van der Waals surface area contributed by atoms with Gasteiger partial charge in [-0.15, -0.1) is 0 Å². The molecule has 1 fully saturated rings. The number of nitrogens with one attached hydrogen (secondary N) is 1. The van der Waals surface area contributed by atoms with Crippen LogP contribution in [0.3, 0.4) is 0 Å². The molecule has 3 aliphatic heterocycles. The second-order valence-corrected chi connectivity index (χ2v) is 8.17. The first kappa shape index (κ1) is 19.8. The number of carbonyl (C=O) groups excluding carboxylic acids is 2. The van der Waals surface area contributed by atoms with Gasteiger partial charge in [-0.1, -0.05) is 18.2 Å². The fourth-order valence-corrected chi connectivity index (χ4v) is 4.42. The molecule has 0 saturated carbocycles. The second kappa shape index (κ2) is 8.20. The Morgan fingerprint density at radius 1 is 1.06 bits per heavy atom. The fraction of sp³-hybridized carbons (Fsp3) is 0.391. The van der Waals surface area contributed by atoms with E-state index in [9.17, 15) is 9.59 Å². The highest BCUT2D eigenvalue weighted by Crippen LogP contribution is 2.33. The van der Waals surface area contributed by atoms with E-state index in [0.717, 1.165) is 49.9 Å². The Labute approximate surface area is 181 Å². The monoisotopic (exact) mass is 422 g/mol. The molecule has 0 radical (unpaired) electrons. The minimum Gasteiger partial charge on any atom is -0.454 e. The molecule has 0 aliphatic carbocycles. The predicted molar refractivity (Wildman–Crippen MR) is 116 cm³/mol. The summed E-state index contributed by atoms with van der Waals surface area (Å²) < 4.78 is 10.9. The Kier molecular flexibility index (Phi) is 5.25. The number of nitrogens with zero attached hydrogens (tertiary/aromatic N) is 3. The van der Waals surface area contributed by atoms with Crippen LogP contribution in [0.5, 0.6) is 11.5 Å². The van der Waals surface area contributed by atoms with Crippen molar-refractivity contribution < 1.29 is 19.1 Å². The third-order valence-corrected chi connectivity index (χ3v) is 6.19. The minimum atomic E-state index is -0.286. The highest BCUT2D eigenvalue weighted by atomic mass is 16.7. The molecule has 8 nitrogen and oxygen atoms in total. The molecule has 0 aromatic heterocycles. The molecule has 8 heteroatoms. The zero-order chi connectivity index (χ0) is 21.4. The summed E-state index contributed by atoms with van der Waals surface area (Å²) >= 11 is 0. The number of piperazine rings is 1. The highest BCUT2D eigenvalue weighted by molar-refractivity contribution is 6.11. The van der Waals surface area contributed by atoms with Gasteiger partial charge in [-0.25, -0.2) is 0 Å². The number of fused-ring (bicyclic) bond motifs is 2. The van der Waals surface area contributed by atoms with Crippen molar-refractivity contribution in [3.8, 4) is 11.5 Å². The maximum absolute atomic E-state index is 13.3. The first-order valence-corrected chi connectivity index (χ1v) is 10.6. The number of hydrogen-bond donors (Lipinski definition) is 1.